The van der Waals surface area contributed by atoms with Crippen LogP contribution in [0, 0.1) is 17.8 Å². The van der Waals surface area contributed by atoms with Crippen LogP contribution in [0.4, 0.5) is 0 Å². The molecule has 3 N–H and O–H groups in total. The Labute approximate surface area is 651 Å². The molecule has 630 valence electrons. The second-order valence-corrected chi connectivity index (χ2v) is 35.4. The minimum Gasteiger partial charge on any atom is -0.462 e. The molecule has 0 bridgehead atoms. The van der Waals surface area contributed by atoms with Crippen molar-refractivity contribution in [1.29, 1.82) is 0 Å². The number of hydrogen-bond donors (Lipinski definition) is 3. The molecule has 0 spiro atoms. The summed E-state index contributed by atoms with van der Waals surface area (Å²) in [4.78, 5) is 73.2. The number of aliphatic hydroxyl groups excluding tert-OH is 1. The Bertz CT molecular complexity index is 2050. The van der Waals surface area contributed by atoms with Gasteiger partial charge in [0.1, 0.15) is 19.3 Å². The van der Waals surface area contributed by atoms with Gasteiger partial charge < -0.3 is 33.8 Å². The number of esters is 4. The van der Waals surface area contributed by atoms with E-state index in [0.717, 1.165) is 114 Å². The summed E-state index contributed by atoms with van der Waals surface area (Å²) in [6.45, 7) is 12.0. The van der Waals surface area contributed by atoms with Crippen molar-refractivity contribution in [3.8, 4) is 0 Å². The lowest BCUT2D eigenvalue weighted by molar-refractivity contribution is -0.161. The van der Waals surface area contributed by atoms with Crippen molar-refractivity contribution < 1.29 is 80.2 Å². The molecule has 0 aromatic heterocycles. The van der Waals surface area contributed by atoms with Gasteiger partial charge in [0, 0.05) is 25.7 Å². The molecule has 6 atom stereocenters. The van der Waals surface area contributed by atoms with Gasteiger partial charge in [-0.3, -0.25) is 37.3 Å². The predicted molar refractivity (Wildman–Crippen MR) is 437 cm³/mol. The average molecular weight is 1550 g/mol. The van der Waals surface area contributed by atoms with Gasteiger partial charge in [0.15, 0.2) is 12.2 Å². The van der Waals surface area contributed by atoms with Crippen molar-refractivity contribution in [3.05, 3.63) is 0 Å². The summed E-state index contributed by atoms with van der Waals surface area (Å²) in [5.41, 5.74) is 0. The maximum absolute atomic E-state index is 13.2. The molecule has 0 aromatic carbocycles. The second kappa shape index (κ2) is 77.0. The molecule has 0 rings (SSSR count). The molecular formula is C87H170O17P2. The molecule has 106 heavy (non-hydrogen) atoms. The number of carbonyl (C=O) groups is 4. The van der Waals surface area contributed by atoms with Gasteiger partial charge >= 0.3 is 39.5 Å². The standard InChI is InChI=1S/C87H170O17P2/c1-8-10-11-12-13-14-15-16-17-18-19-20-21-22-23-26-32-37-42-47-56-63-70-86(91)103-82(74-97-84(89)68-61-54-46-41-36-31-27-24-25-29-34-39-44-51-58-65-78(3)4)76-101-105(93,94)99-72-81(88)73-100-106(95,96)102-77-83(75-98-85(90)69-62-55-50-49-53-60-67-80(7)9-2)104-87(92)71-64-57-48-43-38-33-28-30-35-40-45-52-59-66-79(5)6/h78-83,88H,8-77H2,1-7H3,(H,93,94)(H,95,96)/t80?,81-,82-,83-/m1/s1. The fourth-order valence-electron chi connectivity index (χ4n) is 13.5. The Morgan fingerprint density at radius 2 is 0.481 bits per heavy atom. The normalized spacial score (nSPS) is 14.1. The van der Waals surface area contributed by atoms with Crippen LogP contribution in [0.2, 0.25) is 0 Å². The summed E-state index contributed by atoms with van der Waals surface area (Å²) < 4.78 is 68.9. The van der Waals surface area contributed by atoms with E-state index in [1.165, 1.54) is 263 Å². The molecule has 3 unspecified atom stereocenters. The average Bonchev–Trinajstić information content (AvgIpc) is 0.905. The molecule has 0 aliphatic rings. The van der Waals surface area contributed by atoms with Gasteiger partial charge in [-0.15, -0.1) is 0 Å². The Hall–Kier alpha value is -1.94. The quantitative estimate of drug-likeness (QED) is 0.0222. The first-order chi connectivity index (χ1) is 51.3. The number of phosphoric ester groups is 2. The molecule has 0 aromatic rings. The van der Waals surface area contributed by atoms with Gasteiger partial charge in [0.05, 0.1) is 26.4 Å². The van der Waals surface area contributed by atoms with E-state index in [-0.39, 0.29) is 25.7 Å². The maximum Gasteiger partial charge on any atom is 0.472 e. The third-order valence-corrected chi connectivity index (χ3v) is 22.6. The number of aliphatic hydroxyl groups is 1. The fourth-order valence-corrected chi connectivity index (χ4v) is 15.1. The minimum atomic E-state index is -4.97. The zero-order chi connectivity index (χ0) is 77.9. The molecule has 0 saturated heterocycles. The van der Waals surface area contributed by atoms with Crippen molar-refractivity contribution >= 4 is 39.5 Å². The Balaban J connectivity index is 5.22. The molecule has 19 heteroatoms. The highest BCUT2D eigenvalue weighted by atomic mass is 31.2. The first-order valence-electron chi connectivity index (χ1n) is 44.9. The smallest absolute Gasteiger partial charge is 0.462 e. The van der Waals surface area contributed by atoms with E-state index < -0.39 is 97.5 Å². The van der Waals surface area contributed by atoms with E-state index in [0.29, 0.717) is 25.7 Å². The molecular weight excluding hydrogens is 1380 g/mol. The molecule has 0 radical (unpaired) electrons. The van der Waals surface area contributed by atoms with Crippen molar-refractivity contribution in [1.82, 2.24) is 0 Å². The van der Waals surface area contributed by atoms with Gasteiger partial charge in [-0.2, -0.15) is 0 Å². The molecule has 17 nitrogen and oxygen atoms in total. The summed E-state index contributed by atoms with van der Waals surface area (Å²) in [5, 5.41) is 10.7. The van der Waals surface area contributed by atoms with Crippen LogP contribution >= 0.6 is 15.6 Å². The zero-order valence-corrected chi connectivity index (χ0v) is 71.7. The van der Waals surface area contributed by atoms with Crippen LogP contribution in [0.5, 0.6) is 0 Å². The van der Waals surface area contributed by atoms with Crippen molar-refractivity contribution in [2.24, 2.45) is 17.8 Å². The first-order valence-corrected chi connectivity index (χ1v) is 47.9. The number of ether oxygens (including phenoxy) is 4. The number of hydrogen-bond acceptors (Lipinski definition) is 15. The van der Waals surface area contributed by atoms with Gasteiger partial charge in [-0.1, -0.05) is 408 Å². The number of unbranched alkanes of at least 4 members (excludes halogenated alkanes) is 52. The largest absolute Gasteiger partial charge is 0.472 e. The number of carbonyl (C=O) groups excluding carboxylic acids is 4. The van der Waals surface area contributed by atoms with Crippen LogP contribution in [0.3, 0.4) is 0 Å². The summed E-state index contributed by atoms with van der Waals surface area (Å²) >= 11 is 0. The molecule has 0 fully saturated rings. The van der Waals surface area contributed by atoms with Crippen LogP contribution < -0.4 is 0 Å². The SMILES string of the molecule is CCCCCCCCCCCCCCCCCCCCCCCCC(=O)O[C@H](COC(=O)CCCCCCCCCCCCCCCCCC(C)C)COP(=O)(O)OC[C@@H](O)COP(=O)(O)OC[C@@H](COC(=O)CCCCCCCCC(C)CC)OC(=O)CCCCCCCCCCCCCCCC(C)C. The molecule has 0 aliphatic carbocycles. The lowest BCUT2D eigenvalue weighted by Gasteiger charge is -2.21. The Morgan fingerprint density at radius 1 is 0.274 bits per heavy atom. The van der Waals surface area contributed by atoms with Crippen molar-refractivity contribution in [2.75, 3.05) is 39.6 Å². The van der Waals surface area contributed by atoms with E-state index in [2.05, 4.69) is 48.5 Å². The lowest BCUT2D eigenvalue weighted by Crippen LogP contribution is -2.30. The molecule has 0 heterocycles. The van der Waals surface area contributed by atoms with Crippen LogP contribution in [0.15, 0.2) is 0 Å². The van der Waals surface area contributed by atoms with Crippen LogP contribution in [-0.4, -0.2) is 96.7 Å². The minimum absolute atomic E-state index is 0.106. The van der Waals surface area contributed by atoms with Gasteiger partial charge in [0.2, 0.25) is 0 Å². The van der Waals surface area contributed by atoms with E-state index in [1.807, 2.05) is 0 Å². The molecule has 0 saturated carbocycles. The Kier molecular flexibility index (Phi) is 75.6. The highest BCUT2D eigenvalue weighted by molar-refractivity contribution is 7.47. The summed E-state index contributed by atoms with van der Waals surface area (Å²) in [6.07, 6.45) is 68.2. The van der Waals surface area contributed by atoms with Crippen molar-refractivity contribution in [3.63, 3.8) is 0 Å². The fraction of sp³-hybridized carbons (Fsp3) is 0.954. The van der Waals surface area contributed by atoms with Crippen LogP contribution in [-0.2, 0) is 65.4 Å². The van der Waals surface area contributed by atoms with Crippen LogP contribution in [0.1, 0.15) is 459 Å². The van der Waals surface area contributed by atoms with Crippen LogP contribution in [0.25, 0.3) is 0 Å². The number of phosphoric acid groups is 2. The Morgan fingerprint density at radius 3 is 0.717 bits per heavy atom. The predicted octanol–water partition coefficient (Wildman–Crippen LogP) is 26.5. The maximum atomic E-state index is 13.2. The molecule has 0 aliphatic heterocycles. The third kappa shape index (κ3) is 78.7. The van der Waals surface area contributed by atoms with E-state index in [9.17, 15) is 43.2 Å². The van der Waals surface area contributed by atoms with E-state index >= 15 is 0 Å². The van der Waals surface area contributed by atoms with E-state index in [1.54, 1.807) is 0 Å². The van der Waals surface area contributed by atoms with E-state index in [4.69, 9.17) is 37.0 Å². The summed E-state index contributed by atoms with van der Waals surface area (Å²) in [6, 6.07) is 0. The molecule has 0 amide bonds. The summed E-state index contributed by atoms with van der Waals surface area (Å²) in [5.74, 6) is 0.218. The second-order valence-electron chi connectivity index (χ2n) is 32.5. The third-order valence-electron chi connectivity index (χ3n) is 20.7. The van der Waals surface area contributed by atoms with Gasteiger partial charge in [-0.05, 0) is 43.4 Å². The first kappa shape index (κ1) is 104. The lowest BCUT2D eigenvalue weighted by atomic mass is 10.00. The van der Waals surface area contributed by atoms with Crippen molar-refractivity contribution in [2.45, 2.75) is 478 Å². The zero-order valence-electron chi connectivity index (χ0n) is 69.9. The van der Waals surface area contributed by atoms with Gasteiger partial charge in [0.25, 0.3) is 0 Å². The topological polar surface area (TPSA) is 237 Å². The highest BCUT2D eigenvalue weighted by Gasteiger charge is 2.31. The summed E-state index contributed by atoms with van der Waals surface area (Å²) in [7, 11) is -9.93. The van der Waals surface area contributed by atoms with Gasteiger partial charge in [-0.25, -0.2) is 9.13 Å². The number of rotatable bonds is 85. The highest BCUT2D eigenvalue weighted by Crippen LogP contribution is 2.45. The monoisotopic (exact) mass is 1550 g/mol.